The van der Waals surface area contributed by atoms with E-state index in [1.165, 1.54) is 6.07 Å². The van der Waals surface area contributed by atoms with Gasteiger partial charge >= 0.3 is 0 Å². The lowest BCUT2D eigenvalue weighted by Crippen LogP contribution is -2.37. The third-order valence-electron chi connectivity index (χ3n) is 3.02. The van der Waals surface area contributed by atoms with Gasteiger partial charge in [-0.1, -0.05) is 29.3 Å². The number of guanidine groups is 1. The maximum atomic E-state index is 13.6. The van der Waals surface area contributed by atoms with Crippen LogP contribution in [0.4, 0.5) is 4.39 Å². The maximum absolute atomic E-state index is 13.6. The highest BCUT2D eigenvalue weighted by Crippen LogP contribution is 2.21. The van der Waals surface area contributed by atoms with Crippen LogP contribution in [0.1, 0.15) is 18.2 Å². The molecule has 1 aromatic heterocycles. The predicted molar refractivity (Wildman–Crippen MR) is 108 cm³/mol. The minimum Gasteiger partial charge on any atom is -0.357 e. The molecule has 1 heterocycles. The maximum Gasteiger partial charge on any atom is 0.191 e. The Hall–Kier alpha value is -1.12. The van der Waals surface area contributed by atoms with Gasteiger partial charge in [-0.05, 0) is 36.8 Å². The molecule has 0 radical (unpaired) electrons. The molecule has 1 aromatic carbocycles. The summed E-state index contributed by atoms with van der Waals surface area (Å²) in [6.45, 7) is 3.27. The molecule has 0 aliphatic rings. The Kier molecular flexibility index (Phi) is 9.31. The summed E-state index contributed by atoms with van der Waals surface area (Å²) in [5.74, 6) is 0.208. The smallest absolute Gasteiger partial charge is 0.191 e. The van der Waals surface area contributed by atoms with E-state index < -0.39 is 0 Å². The van der Waals surface area contributed by atoms with Crippen LogP contribution in [-0.2, 0) is 13.1 Å². The van der Waals surface area contributed by atoms with Crippen molar-refractivity contribution in [2.45, 2.75) is 20.0 Å². The van der Waals surface area contributed by atoms with E-state index in [0.717, 1.165) is 5.56 Å². The van der Waals surface area contributed by atoms with E-state index in [4.69, 9.17) is 23.2 Å². The Morgan fingerprint density at radius 1 is 1.25 bits per heavy atom. The molecule has 0 saturated heterocycles. The number of halogens is 4. The van der Waals surface area contributed by atoms with Crippen molar-refractivity contribution in [3.8, 4) is 0 Å². The van der Waals surface area contributed by atoms with Gasteiger partial charge in [0.15, 0.2) is 5.96 Å². The molecule has 130 valence electrons. The predicted octanol–water partition coefficient (Wildman–Crippen LogP) is 4.40. The molecule has 0 atom stereocenters. The van der Waals surface area contributed by atoms with Crippen LogP contribution in [0.2, 0.25) is 10.0 Å². The number of nitrogens with zero attached hydrogens (tertiary/aromatic N) is 2. The van der Waals surface area contributed by atoms with E-state index in [1.54, 1.807) is 24.4 Å². The number of aliphatic imine (C=N–C) groups is 1. The lowest BCUT2D eigenvalue weighted by Gasteiger charge is -2.11. The first-order chi connectivity index (χ1) is 11.1. The summed E-state index contributed by atoms with van der Waals surface area (Å²) in [6, 6.07) is 8.21. The zero-order valence-corrected chi connectivity index (χ0v) is 16.9. The van der Waals surface area contributed by atoms with E-state index in [-0.39, 0.29) is 36.3 Å². The van der Waals surface area contributed by atoms with E-state index in [1.807, 2.05) is 13.0 Å². The van der Waals surface area contributed by atoms with Crippen LogP contribution < -0.4 is 10.6 Å². The molecule has 0 aliphatic heterocycles. The molecule has 0 unspecified atom stereocenters. The van der Waals surface area contributed by atoms with Crippen LogP contribution in [0.3, 0.4) is 0 Å². The van der Waals surface area contributed by atoms with Gasteiger partial charge in [0.2, 0.25) is 0 Å². The molecule has 2 rings (SSSR count). The van der Waals surface area contributed by atoms with Gasteiger partial charge in [-0.15, -0.1) is 24.0 Å². The molecule has 0 bridgehead atoms. The van der Waals surface area contributed by atoms with Crippen molar-refractivity contribution in [3.63, 3.8) is 0 Å². The fraction of sp³-hybridized carbons (Fsp3) is 0.250. The number of rotatable bonds is 5. The zero-order valence-electron chi connectivity index (χ0n) is 13.0. The Balaban J connectivity index is 0.00000288. The molecular formula is C16H18Cl2FIN4. The van der Waals surface area contributed by atoms with Gasteiger partial charge in [-0.25, -0.2) is 9.38 Å². The van der Waals surface area contributed by atoms with Crippen molar-refractivity contribution in [3.05, 3.63) is 63.6 Å². The van der Waals surface area contributed by atoms with Gasteiger partial charge < -0.3 is 10.6 Å². The first-order valence-corrected chi connectivity index (χ1v) is 7.91. The highest BCUT2D eigenvalue weighted by molar-refractivity contribution is 14.0. The van der Waals surface area contributed by atoms with Gasteiger partial charge in [-0.3, -0.25) is 4.98 Å². The summed E-state index contributed by atoms with van der Waals surface area (Å²) < 4.78 is 13.6. The van der Waals surface area contributed by atoms with Crippen LogP contribution in [0.25, 0.3) is 0 Å². The van der Waals surface area contributed by atoms with Crippen LogP contribution in [0.15, 0.2) is 41.5 Å². The Morgan fingerprint density at radius 3 is 2.71 bits per heavy atom. The largest absolute Gasteiger partial charge is 0.357 e. The van der Waals surface area contributed by atoms with Crippen LogP contribution in [-0.4, -0.2) is 17.5 Å². The minimum absolute atomic E-state index is 0. The Bertz CT molecular complexity index is 698. The number of aromatic nitrogens is 1. The van der Waals surface area contributed by atoms with Crippen LogP contribution in [0.5, 0.6) is 0 Å². The van der Waals surface area contributed by atoms with Crippen molar-refractivity contribution in [1.29, 1.82) is 0 Å². The summed E-state index contributed by atoms with van der Waals surface area (Å²) in [7, 11) is 0. The second kappa shape index (κ2) is 10.7. The van der Waals surface area contributed by atoms with Crippen molar-refractivity contribution in [2.24, 2.45) is 4.99 Å². The minimum atomic E-state index is -0.350. The van der Waals surface area contributed by atoms with Crippen molar-refractivity contribution in [1.82, 2.24) is 15.6 Å². The summed E-state index contributed by atoms with van der Waals surface area (Å²) >= 11 is 12.0. The molecule has 4 nitrogen and oxygen atoms in total. The third-order valence-corrected chi connectivity index (χ3v) is 3.61. The van der Waals surface area contributed by atoms with E-state index in [0.29, 0.717) is 34.8 Å². The van der Waals surface area contributed by atoms with Crippen molar-refractivity contribution >= 4 is 53.1 Å². The number of nitrogens with one attached hydrogen (secondary N) is 2. The van der Waals surface area contributed by atoms with Crippen LogP contribution in [0, 0.1) is 5.82 Å². The first-order valence-electron chi connectivity index (χ1n) is 7.15. The highest BCUT2D eigenvalue weighted by Gasteiger charge is 2.05. The van der Waals surface area contributed by atoms with Crippen molar-refractivity contribution in [2.75, 3.05) is 6.54 Å². The quantitative estimate of drug-likeness (QED) is 0.377. The van der Waals surface area contributed by atoms with Gasteiger partial charge in [0.05, 0.1) is 18.8 Å². The number of hydrogen-bond donors (Lipinski definition) is 2. The van der Waals surface area contributed by atoms with E-state index >= 15 is 0 Å². The molecule has 0 amide bonds. The lowest BCUT2D eigenvalue weighted by atomic mass is 10.2. The molecule has 2 aromatic rings. The monoisotopic (exact) mass is 482 g/mol. The van der Waals surface area contributed by atoms with Crippen molar-refractivity contribution < 1.29 is 4.39 Å². The highest BCUT2D eigenvalue weighted by atomic mass is 127. The Morgan fingerprint density at radius 2 is 2.04 bits per heavy atom. The molecule has 0 saturated carbocycles. The van der Waals surface area contributed by atoms with Gasteiger partial charge in [0, 0.05) is 22.8 Å². The average molecular weight is 483 g/mol. The van der Waals surface area contributed by atoms with E-state index in [2.05, 4.69) is 20.6 Å². The van der Waals surface area contributed by atoms with E-state index in [9.17, 15) is 4.39 Å². The second-order valence-electron chi connectivity index (χ2n) is 4.72. The first kappa shape index (κ1) is 20.9. The van der Waals surface area contributed by atoms with Gasteiger partial charge in [-0.2, -0.15) is 0 Å². The number of benzene rings is 1. The molecule has 8 heteroatoms. The zero-order chi connectivity index (χ0) is 16.7. The standard InChI is InChI=1S/C16H17Cl2FN4.HI/c1-2-20-16(23-10-15-14(19)4-3-7-21-15)22-9-11-5-6-12(17)8-13(11)18;/h3-8H,2,9-10H2,1H3,(H2,20,22,23);1H. The molecule has 0 spiro atoms. The van der Waals surface area contributed by atoms with Crippen LogP contribution >= 0.6 is 47.2 Å². The second-order valence-corrected chi connectivity index (χ2v) is 5.56. The van der Waals surface area contributed by atoms with Gasteiger partial charge in [0.1, 0.15) is 5.82 Å². The summed E-state index contributed by atoms with van der Waals surface area (Å²) in [5, 5.41) is 7.28. The molecule has 0 aliphatic carbocycles. The average Bonchev–Trinajstić information content (AvgIpc) is 2.53. The molecular weight excluding hydrogens is 465 g/mol. The third kappa shape index (κ3) is 6.41. The molecule has 2 N–H and O–H groups in total. The summed E-state index contributed by atoms with van der Waals surface area (Å²) in [6.07, 6.45) is 1.55. The fourth-order valence-electron chi connectivity index (χ4n) is 1.87. The Labute approximate surface area is 167 Å². The molecule has 24 heavy (non-hydrogen) atoms. The number of pyridine rings is 1. The topological polar surface area (TPSA) is 49.3 Å². The summed E-state index contributed by atoms with van der Waals surface area (Å²) in [4.78, 5) is 8.43. The van der Waals surface area contributed by atoms with Gasteiger partial charge in [0.25, 0.3) is 0 Å². The SMILES string of the molecule is CCNC(=NCc1ccc(Cl)cc1Cl)NCc1ncccc1F.I. The normalized spacial score (nSPS) is 10.9. The summed E-state index contributed by atoms with van der Waals surface area (Å²) in [5.41, 5.74) is 1.19. The number of hydrogen-bond acceptors (Lipinski definition) is 2. The molecule has 0 fully saturated rings. The lowest BCUT2D eigenvalue weighted by molar-refractivity contribution is 0.592. The fourth-order valence-corrected chi connectivity index (χ4v) is 2.34.